The van der Waals surface area contributed by atoms with E-state index in [0.29, 0.717) is 19.6 Å². The molecule has 2 rings (SSSR count). The van der Waals surface area contributed by atoms with Crippen LogP contribution in [0.15, 0.2) is 24.3 Å². The van der Waals surface area contributed by atoms with Gasteiger partial charge in [0.2, 0.25) is 0 Å². The van der Waals surface area contributed by atoms with Gasteiger partial charge in [-0.15, -0.1) is 0 Å². The van der Waals surface area contributed by atoms with Crippen molar-refractivity contribution in [1.82, 2.24) is 10.2 Å². The smallest absolute Gasteiger partial charge is 0.317 e. The van der Waals surface area contributed by atoms with Crippen LogP contribution in [0.2, 0.25) is 0 Å². The molecule has 1 aromatic rings. The Morgan fingerprint density at radius 2 is 1.95 bits per heavy atom. The highest BCUT2D eigenvalue weighted by Gasteiger charge is 2.27. The van der Waals surface area contributed by atoms with E-state index >= 15 is 0 Å². The molecule has 0 aromatic heterocycles. The minimum atomic E-state index is -0.793. The molecule has 2 amide bonds. The summed E-state index contributed by atoms with van der Waals surface area (Å²) in [6.45, 7) is 3.78. The number of nitrogens with zero attached hydrogens (tertiary/aromatic N) is 1. The highest BCUT2D eigenvalue weighted by Crippen LogP contribution is 2.19. The van der Waals surface area contributed by atoms with Crippen LogP contribution >= 0.6 is 0 Å². The van der Waals surface area contributed by atoms with Crippen LogP contribution in [0.5, 0.6) is 0 Å². The third-order valence-corrected chi connectivity index (χ3v) is 3.91. The molecule has 1 aromatic carbocycles. The van der Waals surface area contributed by atoms with Crippen molar-refractivity contribution in [3.8, 4) is 0 Å². The number of amides is 2. The monoisotopic (exact) mass is 290 g/mol. The van der Waals surface area contributed by atoms with Gasteiger partial charge in [0.05, 0.1) is 0 Å². The molecule has 1 unspecified atom stereocenters. The van der Waals surface area contributed by atoms with E-state index in [4.69, 9.17) is 5.11 Å². The Morgan fingerprint density at radius 3 is 2.57 bits per heavy atom. The maximum Gasteiger partial charge on any atom is 0.317 e. The predicted octanol–water partition coefficient (Wildman–Crippen LogP) is 2.26. The summed E-state index contributed by atoms with van der Waals surface area (Å²) in [6.07, 6.45) is 1.92. The van der Waals surface area contributed by atoms with Gasteiger partial charge in [-0.1, -0.05) is 31.2 Å². The number of urea groups is 1. The first-order chi connectivity index (χ1) is 10.1. The summed E-state index contributed by atoms with van der Waals surface area (Å²) in [5.41, 5.74) is 2.35. The van der Waals surface area contributed by atoms with E-state index in [-0.39, 0.29) is 18.4 Å². The second-order valence-corrected chi connectivity index (χ2v) is 5.53. The minimum Gasteiger partial charge on any atom is -0.481 e. The van der Waals surface area contributed by atoms with Crippen LogP contribution in [0.3, 0.4) is 0 Å². The molecule has 5 nitrogen and oxygen atoms in total. The molecule has 1 heterocycles. The van der Waals surface area contributed by atoms with Gasteiger partial charge in [-0.3, -0.25) is 4.79 Å². The van der Waals surface area contributed by atoms with Crippen LogP contribution in [-0.4, -0.2) is 35.1 Å². The Balaban J connectivity index is 1.78. The summed E-state index contributed by atoms with van der Waals surface area (Å²) in [4.78, 5) is 24.4. The van der Waals surface area contributed by atoms with Crippen LogP contribution in [0, 0.1) is 5.92 Å². The van der Waals surface area contributed by atoms with E-state index in [1.165, 1.54) is 5.56 Å². The van der Waals surface area contributed by atoms with Crippen molar-refractivity contribution in [1.29, 1.82) is 0 Å². The molecule has 0 aliphatic carbocycles. The molecular formula is C16H22N2O3. The standard InChI is InChI=1S/C16H22N2O3/c1-2-12-3-5-13(6-4-12)10-17-16(21)18-8-7-14(11-18)9-15(19)20/h3-6,14H,2,7-11H2,1H3,(H,17,21)(H,19,20). The van der Waals surface area contributed by atoms with E-state index in [1.54, 1.807) is 4.90 Å². The molecule has 0 spiro atoms. The number of carboxylic acid groups (broad SMARTS) is 1. The van der Waals surface area contributed by atoms with Crippen molar-refractivity contribution in [2.75, 3.05) is 13.1 Å². The van der Waals surface area contributed by atoms with Crippen molar-refractivity contribution < 1.29 is 14.7 Å². The van der Waals surface area contributed by atoms with Gasteiger partial charge >= 0.3 is 12.0 Å². The van der Waals surface area contributed by atoms with E-state index in [9.17, 15) is 9.59 Å². The number of carboxylic acids is 1. The first-order valence-corrected chi connectivity index (χ1v) is 7.41. The van der Waals surface area contributed by atoms with Gasteiger partial charge in [-0.2, -0.15) is 0 Å². The van der Waals surface area contributed by atoms with Gasteiger partial charge < -0.3 is 15.3 Å². The first-order valence-electron chi connectivity index (χ1n) is 7.41. The summed E-state index contributed by atoms with van der Waals surface area (Å²) in [5.74, 6) is -0.713. The lowest BCUT2D eigenvalue weighted by Gasteiger charge is -2.17. The van der Waals surface area contributed by atoms with Crippen molar-refractivity contribution in [3.63, 3.8) is 0 Å². The highest BCUT2D eigenvalue weighted by atomic mass is 16.4. The van der Waals surface area contributed by atoms with Crippen molar-refractivity contribution >= 4 is 12.0 Å². The number of benzene rings is 1. The molecule has 2 N–H and O–H groups in total. The largest absolute Gasteiger partial charge is 0.481 e. The molecule has 21 heavy (non-hydrogen) atoms. The van der Waals surface area contributed by atoms with Gasteiger partial charge in [0, 0.05) is 26.1 Å². The fourth-order valence-electron chi connectivity index (χ4n) is 2.61. The van der Waals surface area contributed by atoms with Crippen molar-refractivity contribution in [3.05, 3.63) is 35.4 Å². The fourth-order valence-corrected chi connectivity index (χ4v) is 2.61. The maximum atomic E-state index is 12.0. The third-order valence-electron chi connectivity index (χ3n) is 3.91. The number of hydrogen-bond donors (Lipinski definition) is 2. The van der Waals surface area contributed by atoms with Crippen LogP contribution in [0.1, 0.15) is 30.9 Å². The number of likely N-dealkylation sites (tertiary alicyclic amines) is 1. The summed E-state index contributed by atoms with van der Waals surface area (Å²) < 4.78 is 0. The van der Waals surface area contributed by atoms with Gasteiger partial charge in [-0.05, 0) is 29.9 Å². The molecule has 1 atom stereocenters. The second-order valence-electron chi connectivity index (χ2n) is 5.53. The quantitative estimate of drug-likeness (QED) is 0.874. The van der Waals surface area contributed by atoms with Crippen LogP contribution in [-0.2, 0) is 17.8 Å². The van der Waals surface area contributed by atoms with Crippen LogP contribution < -0.4 is 5.32 Å². The predicted molar refractivity (Wildman–Crippen MR) is 80.0 cm³/mol. The van der Waals surface area contributed by atoms with E-state index in [0.717, 1.165) is 18.4 Å². The Bertz CT molecular complexity index is 499. The van der Waals surface area contributed by atoms with Crippen molar-refractivity contribution in [2.45, 2.75) is 32.7 Å². The molecule has 1 aliphatic rings. The van der Waals surface area contributed by atoms with Crippen LogP contribution in [0.4, 0.5) is 4.79 Å². The Labute approximate surface area is 125 Å². The summed E-state index contributed by atoms with van der Waals surface area (Å²) in [5, 5.41) is 11.7. The number of nitrogens with one attached hydrogen (secondary N) is 1. The molecule has 1 aliphatic heterocycles. The Hall–Kier alpha value is -2.04. The van der Waals surface area contributed by atoms with Gasteiger partial charge in [-0.25, -0.2) is 4.79 Å². The molecule has 114 valence electrons. The normalized spacial score (nSPS) is 17.8. The fraction of sp³-hybridized carbons (Fsp3) is 0.500. The average Bonchev–Trinajstić information content (AvgIpc) is 2.93. The number of hydrogen-bond acceptors (Lipinski definition) is 2. The van der Waals surface area contributed by atoms with Crippen LogP contribution in [0.25, 0.3) is 0 Å². The SMILES string of the molecule is CCc1ccc(CNC(=O)N2CCC(CC(=O)O)C2)cc1. The molecule has 0 saturated carbocycles. The molecule has 0 radical (unpaired) electrons. The summed E-state index contributed by atoms with van der Waals surface area (Å²) >= 11 is 0. The number of carbonyl (C=O) groups excluding carboxylic acids is 1. The Kier molecular flexibility index (Phi) is 5.20. The molecule has 1 saturated heterocycles. The van der Waals surface area contributed by atoms with Gasteiger partial charge in [0.25, 0.3) is 0 Å². The van der Waals surface area contributed by atoms with Crippen molar-refractivity contribution in [2.24, 2.45) is 5.92 Å². The number of rotatable bonds is 5. The maximum absolute atomic E-state index is 12.0. The van der Waals surface area contributed by atoms with E-state index in [2.05, 4.69) is 24.4 Å². The molecule has 5 heteroatoms. The third kappa shape index (κ3) is 4.48. The average molecular weight is 290 g/mol. The number of carbonyl (C=O) groups is 2. The van der Waals surface area contributed by atoms with E-state index in [1.807, 2.05) is 12.1 Å². The lowest BCUT2D eigenvalue weighted by molar-refractivity contribution is -0.138. The minimum absolute atomic E-state index is 0.0806. The summed E-state index contributed by atoms with van der Waals surface area (Å²) in [6, 6.07) is 8.08. The second kappa shape index (κ2) is 7.11. The number of aliphatic carboxylic acids is 1. The first kappa shape index (κ1) is 15.4. The Morgan fingerprint density at radius 1 is 1.29 bits per heavy atom. The zero-order valence-corrected chi connectivity index (χ0v) is 12.3. The summed E-state index contributed by atoms with van der Waals surface area (Å²) in [7, 11) is 0. The van der Waals surface area contributed by atoms with Gasteiger partial charge in [0.15, 0.2) is 0 Å². The van der Waals surface area contributed by atoms with E-state index < -0.39 is 5.97 Å². The number of aryl methyl sites for hydroxylation is 1. The van der Waals surface area contributed by atoms with Gasteiger partial charge in [0.1, 0.15) is 0 Å². The molecular weight excluding hydrogens is 268 g/mol. The topological polar surface area (TPSA) is 69.6 Å². The highest BCUT2D eigenvalue weighted by molar-refractivity contribution is 5.74. The zero-order chi connectivity index (χ0) is 15.2. The molecule has 0 bridgehead atoms. The lowest BCUT2D eigenvalue weighted by atomic mass is 10.1. The zero-order valence-electron chi connectivity index (χ0n) is 12.3. The molecule has 1 fully saturated rings. The lowest BCUT2D eigenvalue weighted by Crippen LogP contribution is -2.38.